The number of benzene rings is 2. The summed E-state index contributed by atoms with van der Waals surface area (Å²) in [5.74, 6) is 0.592. The number of aryl methyl sites for hydroxylation is 1. The number of carbonyl (C=O) groups is 1. The summed E-state index contributed by atoms with van der Waals surface area (Å²) >= 11 is 6.15. The van der Waals surface area contributed by atoms with Crippen LogP contribution in [0.4, 0.5) is 5.69 Å². The lowest BCUT2D eigenvalue weighted by atomic mass is 10.1. The molecule has 1 fully saturated rings. The second kappa shape index (κ2) is 8.28. The van der Waals surface area contributed by atoms with Gasteiger partial charge in [-0.3, -0.25) is 9.36 Å². The standard InChI is InChI=1S/C22H23ClN4O3/c1-14-12-24-22(29)27(14)18-5-3-4-15(10-18)21(28)25-17-8-9-26(13-17)19-11-16(23)6-7-20(19)30-2/h3-7,10-12,17H,8-9,13H2,1-2H3,(H,24,29)(H,25,28)/t17-/m1/s1. The van der Waals surface area contributed by atoms with Crippen molar-refractivity contribution >= 4 is 23.2 Å². The normalized spacial score (nSPS) is 16.0. The van der Waals surface area contributed by atoms with E-state index >= 15 is 0 Å². The molecule has 0 spiro atoms. The Morgan fingerprint density at radius 2 is 2.10 bits per heavy atom. The summed E-state index contributed by atoms with van der Waals surface area (Å²) in [5, 5.41) is 3.74. The molecule has 1 aliphatic heterocycles. The number of aromatic amines is 1. The number of imidazole rings is 1. The van der Waals surface area contributed by atoms with Gasteiger partial charge in [-0.25, -0.2) is 4.79 Å². The van der Waals surface area contributed by atoms with Gasteiger partial charge in [-0.15, -0.1) is 0 Å². The highest BCUT2D eigenvalue weighted by atomic mass is 35.5. The van der Waals surface area contributed by atoms with E-state index in [1.807, 2.05) is 25.1 Å². The van der Waals surface area contributed by atoms with Crippen LogP contribution in [-0.2, 0) is 0 Å². The third-order valence-corrected chi connectivity index (χ3v) is 5.57. The van der Waals surface area contributed by atoms with Gasteiger partial charge in [0, 0.05) is 41.6 Å². The molecule has 30 heavy (non-hydrogen) atoms. The van der Waals surface area contributed by atoms with E-state index in [-0.39, 0.29) is 17.6 Å². The van der Waals surface area contributed by atoms with Gasteiger partial charge < -0.3 is 19.9 Å². The monoisotopic (exact) mass is 426 g/mol. The van der Waals surface area contributed by atoms with Crippen LogP contribution in [0.3, 0.4) is 0 Å². The number of hydrogen-bond donors (Lipinski definition) is 2. The molecule has 3 aromatic rings. The molecule has 1 amide bonds. The fourth-order valence-electron chi connectivity index (χ4n) is 3.84. The maximum absolute atomic E-state index is 12.8. The minimum Gasteiger partial charge on any atom is -0.495 e. The maximum Gasteiger partial charge on any atom is 0.330 e. The molecular weight excluding hydrogens is 404 g/mol. The van der Waals surface area contributed by atoms with Crippen LogP contribution in [0.25, 0.3) is 5.69 Å². The fourth-order valence-corrected chi connectivity index (χ4v) is 4.00. The first-order valence-electron chi connectivity index (χ1n) is 9.73. The first kappa shape index (κ1) is 20.1. The molecule has 0 unspecified atom stereocenters. The molecule has 1 atom stereocenters. The van der Waals surface area contributed by atoms with Crippen molar-refractivity contribution in [2.24, 2.45) is 0 Å². The average Bonchev–Trinajstić information content (AvgIpc) is 3.34. The largest absolute Gasteiger partial charge is 0.495 e. The number of rotatable bonds is 5. The summed E-state index contributed by atoms with van der Waals surface area (Å²) < 4.78 is 6.99. The Morgan fingerprint density at radius 1 is 1.27 bits per heavy atom. The smallest absolute Gasteiger partial charge is 0.330 e. The quantitative estimate of drug-likeness (QED) is 0.657. The summed E-state index contributed by atoms with van der Waals surface area (Å²) in [5.41, 5.74) is 2.64. The Bertz CT molecular complexity index is 1140. The van der Waals surface area contributed by atoms with E-state index in [2.05, 4.69) is 15.2 Å². The van der Waals surface area contributed by atoms with Crippen LogP contribution in [0.2, 0.25) is 5.02 Å². The fraction of sp³-hybridized carbons (Fsp3) is 0.273. The molecule has 2 N–H and O–H groups in total. The number of H-pyrrole nitrogens is 1. The van der Waals surface area contributed by atoms with Gasteiger partial charge in [0.25, 0.3) is 5.91 Å². The van der Waals surface area contributed by atoms with Crippen molar-refractivity contribution in [3.8, 4) is 11.4 Å². The number of amides is 1. The van der Waals surface area contributed by atoms with Gasteiger partial charge in [-0.05, 0) is 49.7 Å². The van der Waals surface area contributed by atoms with Crippen LogP contribution in [0.15, 0.2) is 53.5 Å². The van der Waals surface area contributed by atoms with E-state index in [1.165, 1.54) is 0 Å². The highest BCUT2D eigenvalue weighted by Gasteiger charge is 2.26. The number of methoxy groups -OCH3 is 1. The molecule has 0 radical (unpaired) electrons. The number of anilines is 1. The van der Waals surface area contributed by atoms with Crippen molar-refractivity contribution in [2.75, 3.05) is 25.1 Å². The second-order valence-electron chi connectivity index (χ2n) is 7.34. The van der Waals surface area contributed by atoms with E-state index in [1.54, 1.807) is 42.1 Å². The lowest BCUT2D eigenvalue weighted by Gasteiger charge is -2.22. The highest BCUT2D eigenvalue weighted by Crippen LogP contribution is 2.33. The van der Waals surface area contributed by atoms with Gasteiger partial charge in [0.1, 0.15) is 5.75 Å². The first-order chi connectivity index (χ1) is 14.5. The molecule has 4 rings (SSSR count). The summed E-state index contributed by atoms with van der Waals surface area (Å²) in [6.45, 7) is 3.29. The van der Waals surface area contributed by atoms with Gasteiger partial charge >= 0.3 is 5.69 Å². The molecule has 0 saturated carbocycles. The third kappa shape index (κ3) is 3.93. The molecule has 2 heterocycles. The summed E-state index contributed by atoms with van der Waals surface area (Å²) in [4.78, 5) is 29.7. The molecule has 1 aliphatic rings. The van der Waals surface area contributed by atoms with Gasteiger partial charge in [-0.1, -0.05) is 17.7 Å². The van der Waals surface area contributed by atoms with Crippen molar-refractivity contribution < 1.29 is 9.53 Å². The first-order valence-corrected chi connectivity index (χ1v) is 10.1. The molecule has 156 valence electrons. The molecule has 1 saturated heterocycles. The van der Waals surface area contributed by atoms with Crippen LogP contribution >= 0.6 is 11.6 Å². The number of hydrogen-bond acceptors (Lipinski definition) is 4. The van der Waals surface area contributed by atoms with Crippen molar-refractivity contribution in [3.05, 3.63) is 75.4 Å². The molecule has 0 aliphatic carbocycles. The molecule has 0 bridgehead atoms. The van der Waals surface area contributed by atoms with Crippen LogP contribution in [0.1, 0.15) is 22.5 Å². The molecular formula is C22H23ClN4O3. The Balaban J connectivity index is 1.48. The number of halogens is 1. The SMILES string of the molecule is COc1ccc(Cl)cc1N1CC[C@@H](NC(=O)c2cccc(-n3c(C)c[nH]c3=O)c2)C1. The second-order valence-corrected chi connectivity index (χ2v) is 7.78. The van der Waals surface area contributed by atoms with Crippen molar-refractivity contribution in [2.45, 2.75) is 19.4 Å². The van der Waals surface area contributed by atoms with Crippen LogP contribution < -0.4 is 20.6 Å². The zero-order valence-corrected chi connectivity index (χ0v) is 17.6. The number of ether oxygens (including phenoxy) is 1. The summed E-state index contributed by atoms with van der Waals surface area (Å²) in [6, 6.07) is 12.6. The maximum atomic E-state index is 12.8. The topological polar surface area (TPSA) is 79.4 Å². The number of nitrogens with zero attached hydrogens (tertiary/aromatic N) is 2. The van der Waals surface area contributed by atoms with Crippen molar-refractivity contribution in [3.63, 3.8) is 0 Å². The Labute approximate surface area is 179 Å². The van der Waals surface area contributed by atoms with E-state index < -0.39 is 0 Å². The predicted molar refractivity (Wildman–Crippen MR) is 117 cm³/mol. The molecule has 1 aromatic heterocycles. The van der Waals surface area contributed by atoms with Crippen LogP contribution in [0, 0.1) is 6.92 Å². The minimum atomic E-state index is -0.230. The van der Waals surface area contributed by atoms with Crippen LogP contribution in [0.5, 0.6) is 5.75 Å². The van der Waals surface area contributed by atoms with Crippen LogP contribution in [-0.4, -0.2) is 41.7 Å². The van der Waals surface area contributed by atoms with E-state index in [0.717, 1.165) is 30.1 Å². The Kier molecular flexibility index (Phi) is 5.55. The van der Waals surface area contributed by atoms with E-state index in [0.29, 0.717) is 22.8 Å². The van der Waals surface area contributed by atoms with Crippen molar-refractivity contribution in [1.29, 1.82) is 0 Å². The van der Waals surface area contributed by atoms with E-state index in [9.17, 15) is 9.59 Å². The van der Waals surface area contributed by atoms with Gasteiger partial charge in [-0.2, -0.15) is 0 Å². The molecule has 7 nitrogen and oxygen atoms in total. The zero-order valence-electron chi connectivity index (χ0n) is 16.8. The van der Waals surface area contributed by atoms with Gasteiger partial charge in [0.05, 0.1) is 18.5 Å². The number of carbonyl (C=O) groups excluding carboxylic acids is 1. The van der Waals surface area contributed by atoms with Crippen molar-refractivity contribution in [1.82, 2.24) is 14.9 Å². The Morgan fingerprint density at radius 3 is 2.83 bits per heavy atom. The Hall–Kier alpha value is -3.19. The predicted octanol–water partition coefficient (Wildman–Crippen LogP) is 3.14. The lowest BCUT2D eigenvalue weighted by Crippen LogP contribution is -2.37. The summed E-state index contributed by atoms with van der Waals surface area (Å²) in [6.07, 6.45) is 2.46. The number of nitrogens with one attached hydrogen (secondary N) is 2. The highest BCUT2D eigenvalue weighted by molar-refractivity contribution is 6.30. The van der Waals surface area contributed by atoms with E-state index in [4.69, 9.17) is 16.3 Å². The van der Waals surface area contributed by atoms with Gasteiger partial charge in [0.15, 0.2) is 0 Å². The zero-order chi connectivity index (χ0) is 21.3. The third-order valence-electron chi connectivity index (χ3n) is 5.33. The summed E-state index contributed by atoms with van der Waals surface area (Å²) in [7, 11) is 1.63. The molecule has 2 aromatic carbocycles. The molecule has 8 heteroatoms. The minimum absolute atomic E-state index is 0.00145. The number of aromatic nitrogens is 2. The average molecular weight is 427 g/mol. The lowest BCUT2D eigenvalue weighted by molar-refractivity contribution is 0.0940. The van der Waals surface area contributed by atoms with Gasteiger partial charge in [0.2, 0.25) is 0 Å².